The van der Waals surface area contributed by atoms with Crippen LogP contribution in [0.15, 0.2) is 24.3 Å². The van der Waals surface area contributed by atoms with Crippen molar-refractivity contribution in [2.45, 2.75) is 19.4 Å². The van der Waals surface area contributed by atoms with E-state index in [1.165, 1.54) is 0 Å². The molecule has 136 valence electrons. The number of sulfonamides is 1. The lowest BCUT2D eigenvalue weighted by atomic mass is 10.0. The van der Waals surface area contributed by atoms with Gasteiger partial charge in [0.25, 0.3) is 0 Å². The van der Waals surface area contributed by atoms with Crippen LogP contribution in [0.3, 0.4) is 0 Å². The molecule has 0 radical (unpaired) electrons. The van der Waals surface area contributed by atoms with Crippen molar-refractivity contribution >= 4 is 15.7 Å². The number of morpholine rings is 1. The second-order valence-corrected chi connectivity index (χ2v) is 8.24. The molecule has 1 aliphatic rings. The van der Waals surface area contributed by atoms with Gasteiger partial charge in [0.05, 0.1) is 19.0 Å². The predicted molar refractivity (Wildman–Crippen MR) is 98.0 cm³/mol. The number of ether oxygens (including phenoxy) is 1. The van der Waals surface area contributed by atoms with Crippen molar-refractivity contribution in [3.8, 4) is 0 Å². The summed E-state index contributed by atoms with van der Waals surface area (Å²) in [7, 11) is 0.803. The minimum Gasteiger partial charge on any atom is -0.379 e. The van der Waals surface area contributed by atoms with Gasteiger partial charge in [0.15, 0.2) is 0 Å². The summed E-state index contributed by atoms with van der Waals surface area (Å²) in [6.07, 6.45) is 0.620. The van der Waals surface area contributed by atoms with E-state index in [1.807, 2.05) is 21.0 Å². The number of nitrogens with zero attached hydrogens (tertiary/aromatic N) is 2. The van der Waals surface area contributed by atoms with E-state index in [4.69, 9.17) is 4.74 Å². The maximum Gasteiger partial charge on any atom is 0.211 e. The summed E-state index contributed by atoms with van der Waals surface area (Å²) < 4.78 is 32.3. The number of benzene rings is 1. The molecule has 0 saturated carbocycles. The zero-order valence-corrected chi connectivity index (χ0v) is 15.7. The van der Waals surface area contributed by atoms with Crippen LogP contribution in [0.25, 0.3) is 0 Å². The number of nitrogens with one attached hydrogen (secondary N) is 1. The third-order valence-electron chi connectivity index (χ3n) is 4.25. The molecule has 0 aromatic heterocycles. The molecular weight excluding hydrogens is 326 g/mol. The van der Waals surface area contributed by atoms with Crippen LogP contribution in [0.4, 0.5) is 5.69 Å². The molecule has 1 N–H and O–H groups in total. The minimum absolute atomic E-state index is 0.0248. The zero-order valence-electron chi connectivity index (χ0n) is 14.9. The van der Waals surface area contributed by atoms with Gasteiger partial charge in [0.2, 0.25) is 10.0 Å². The molecule has 0 bridgehead atoms. The monoisotopic (exact) mass is 355 g/mol. The Labute approximate surface area is 145 Å². The summed E-state index contributed by atoms with van der Waals surface area (Å²) in [6, 6.07) is 8.34. The maximum atomic E-state index is 12.0. The second-order valence-electron chi connectivity index (χ2n) is 6.32. The standard InChI is InChI=1S/C17H29N3O3S/c1-4-13-24(21,22)18-14-17(20-9-11-23-12-10-20)15-5-7-16(8-6-15)19(2)3/h5-8,17-18H,4,9-14H2,1-3H3/t17-/m0/s1. The Morgan fingerprint density at radius 3 is 2.38 bits per heavy atom. The molecule has 0 unspecified atom stereocenters. The largest absolute Gasteiger partial charge is 0.379 e. The lowest BCUT2D eigenvalue weighted by Gasteiger charge is -2.35. The van der Waals surface area contributed by atoms with E-state index in [9.17, 15) is 8.42 Å². The molecule has 1 atom stereocenters. The summed E-state index contributed by atoms with van der Waals surface area (Å²) in [5.41, 5.74) is 2.26. The molecule has 6 nitrogen and oxygen atoms in total. The lowest BCUT2D eigenvalue weighted by Crippen LogP contribution is -2.44. The first-order valence-electron chi connectivity index (χ1n) is 8.49. The first-order chi connectivity index (χ1) is 11.4. The van der Waals surface area contributed by atoms with Crippen LogP contribution in [0.2, 0.25) is 0 Å². The third-order valence-corrected chi connectivity index (χ3v) is 5.80. The molecule has 1 heterocycles. The summed E-state index contributed by atoms with van der Waals surface area (Å²) in [4.78, 5) is 4.35. The SMILES string of the molecule is CCCS(=O)(=O)NC[C@@H](c1ccc(N(C)C)cc1)N1CCOCC1. The fraction of sp³-hybridized carbons (Fsp3) is 0.647. The van der Waals surface area contributed by atoms with Crippen molar-refractivity contribution in [1.29, 1.82) is 0 Å². The van der Waals surface area contributed by atoms with Crippen LogP contribution < -0.4 is 9.62 Å². The average molecular weight is 356 g/mol. The zero-order chi connectivity index (χ0) is 17.6. The lowest BCUT2D eigenvalue weighted by molar-refractivity contribution is 0.0172. The van der Waals surface area contributed by atoms with Crippen molar-refractivity contribution < 1.29 is 13.2 Å². The highest BCUT2D eigenvalue weighted by Gasteiger charge is 2.24. The highest BCUT2D eigenvalue weighted by Crippen LogP contribution is 2.24. The van der Waals surface area contributed by atoms with E-state index in [0.29, 0.717) is 26.2 Å². The average Bonchev–Trinajstić information content (AvgIpc) is 2.56. The van der Waals surface area contributed by atoms with Crippen LogP contribution in [0.1, 0.15) is 24.9 Å². The molecule has 24 heavy (non-hydrogen) atoms. The van der Waals surface area contributed by atoms with E-state index in [0.717, 1.165) is 24.3 Å². The van der Waals surface area contributed by atoms with Crippen molar-refractivity contribution in [2.75, 3.05) is 57.6 Å². The van der Waals surface area contributed by atoms with Gasteiger partial charge >= 0.3 is 0 Å². The van der Waals surface area contributed by atoms with E-state index in [1.54, 1.807) is 0 Å². The summed E-state index contributed by atoms with van der Waals surface area (Å²) in [5.74, 6) is 0.169. The molecule has 0 spiro atoms. The van der Waals surface area contributed by atoms with Gasteiger partial charge < -0.3 is 9.64 Å². The van der Waals surface area contributed by atoms with Gasteiger partial charge in [-0.3, -0.25) is 4.90 Å². The molecule has 1 aliphatic heterocycles. The summed E-state index contributed by atoms with van der Waals surface area (Å²) in [5, 5.41) is 0. The van der Waals surface area contributed by atoms with Gasteiger partial charge in [0.1, 0.15) is 0 Å². The molecule has 0 aliphatic carbocycles. The molecular formula is C17H29N3O3S. The Kier molecular flexibility index (Phi) is 7.03. The maximum absolute atomic E-state index is 12.0. The van der Waals surface area contributed by atoms with E-state index < -0.39 is 10.0 Å². The number of anilines is 1. The Bertz CT molecular complexity index is 596. The van der Waals surface area contributed by atoms with Crippen LogP contribution in [-0.2, 0) is 14.8 Å². The fourth-order valence-electron chi connectivity index (χ4n) is 2.89. The Morgan fingerprint density at radius 1 is 1.21 bits per heavy atom. The van der Waals surface area contributed by atoms with Crippen LogP contribution in [0.5, 0.6) is 0 Å². The van der Waals surface area contributed by atoms with E-state index in [-0.39, 0.29) is 11.8 Å². The van der Waals surface area contributed by atoms with Gasteiger partial charge in [-0.2, -0.15) is 0 Å². The molecule has 0 amide bonds. The Morgan fingerprint density at radius 2 is 1.83 bits per heavy atom. The summed E-state index contributed by atoms with van der Waals surface area (Å²) in [6.45, 7) is 5.27. The molecule has 2 rings (SSSR count). The molecule has 1 saturated heterocycles. The highest BCUT2D eigenvalue weighted by atomic mass is 32.2. The van der Waals surface area contributed by atoms with Crippen LogP contribution in [0, 0.1) is 0 Å². The first-order valence-corrected chi connectivity index (χ1v) is 10.1. The smallest absolute Gasteiger partial charge is 0.211 e. The van der Waals surface area contributed by atoms with Crippen molar-refractivity contribution in [1.82, 2.24) is 9.62 Å². The number of hydrogen-bond donors (Lipinski definition) is 1. The third kappa shape index (κ3) is 5.44. The minimum atomic E-state index is -3.21. The number of rotatable bonds is 8. The topological polar surface area (TPSA) is 61.9 Å². The molecule has 1 aromatic carbocycles. The van der Waals surface area contributed by atoms with Gasteiger partial charge in [-0.25, -0.2) is 13.1 Å². The summed E-state index contributed by atoms with van der Waals surface area (Å²) >= 11 is 0. The van der Waals surface area contributed by atoms with Gasteiger partial charge in [0, 0.05) is 45.5 Å². The van der Waals surface area contributed by atoms with Gasteiger partial charge in [-0.1, -0.05) is 19.1 Å². The van der Waals surface area contributed by atoms with Gasteiger partial charge in [-0.15, -0.1) is 0 Å². The Balaban J connectivity index is 2.15. The van der Waals surface area contributed by atoms with E-state index >= 15 is 0 Å². The molecule has 7 heteroatoms. The Hall–Kier alpha value is -1.15. The molecule has 1 aromatic rings. The highest BCUT2D eigenvalue weighted by molar-refractivity contribution is 7.89. The second kappa shape index (κ2) is 8.80. The van der Waals surface area contributed by atoms with Crippen molar-refractivity contribution in [2.24, 2.45) is 0 Å². The van der Waals surface area contributed by atoms with Crippen molar-refractivity contribution in [3.63, 3.8) is 0 Å². The fourth-order valence-corrected chi connectivity index (χ4v) is 3.98. The predicted octanol–water partition coefficient (Wildman–Crippen LogP) is 1.46. The van der Waals surface area contributed by atoms with Crippen LogP contribution >= 0.6 is 0 Å². The first kappa shape index (κ1) is 19.2. The normalized spacial score (nSPS) is 17.6. The number of hydrogen-bond acceptors (Lipinski definition) is 5. The van der Waals surface area contributed by atoms with Gasteiger partial charge in [-0.05, 0) is 24.1 Å². The van der Waals surface area contributed by atoms with Crippen molar-refractivity contribution in [3.05, 3.63) is 29.8 Å². The van der Waals surface area contributed by atoms with E-state index in [2.05, 4.69) is 38.8 Å². The molecule has 1 fully saturated rings. The van der Waals surface area contributed by atoms with Crippen LogP contribution in [-0.4, -0.2) is 66.0 Å². The quantitative estimate of drug-likeness (QED) is 0.765.